The molecule has 2 rings (SSSR count). The highest BCUT2D eigenvalue weighted by molar-refractivity contribution is 5.02. The third kappa shape index (κ3) is 2.72. The molecule has 1 aromatic rings. The number of aryl methyl sites for hydroxylation is 1. The molecule has 5 heteroatoms. The molecular weight excluding hydrogens is 206 g/mol. The van der Waals surface area contributed by atoms with E-state index in [2.05, 4.69) is 15.1 Å². The lowest BCUT2D eigenvalue weighted by atomic mass is 10.1. The topological polar surface area (TPSA) is 65.0 Å². The van der Waals surface area contributed by atoms with Gasteiger partial charge in [-0.25, -0.2) is 0 Å². The van der Waals surface area contributed by atoms with Crippen LogP contribution in [0.5, 0.6) is 5.95 Å². The Morgan fingerprint density at radius 3 is 2.62 bits per heavy atom. The molecule has 0 amide bonds. The van der Waals surface area contributed by atoms with E-state index in [4.69, 9.17) is 0 Å². The summed E-state index contributed by atoms with van der Waals surface area (Å²) in [5, 5.41) is 18.3. The quantitative estimate of drug-likeness (QED) is 0.597. The summed E-state index contributed by atoms with van der Waals surface area (Å²) in [6.45, 7) is 0.559. The first-order valence-corrected chi connectivity index (χ1v) is 6.02. The van der Waals surface area contributed by atoms with Crippen LogP contribution in [0.2, 0.25) is 0 Å². The molecule has 0 aromatic carbocycles. The van der Waals surface area contributed by atoms with Gasteiger partial charge in [-0.05, 0) is 12.8 Å². The molecule has 1 aliphatic rings. The van der Waals surface area contributed by atoms with E-state index >= 15 is 0 Å². The minimum absolute atomic E-state index is 0.330. The Hall–Kier alpha value is -1.10. The van der Waals surface area contributed by atoms with Crippen molar-refractivity contribution in [3.63, 3.8) is 0 Å². The van der Waals surface area contributed by atoms with Crippen molar-refractivity contribution in [3.05, 3.63) is 5.69 Å². The summed E-state index contributed by atoms with van der Waals surface area (Å²) < 4.78 is 6.08. The lowest BCUT2D eigenvalue weighted by molar-refractivity contribution is -0.746. The zero-order valence-electron chi connectivity index (χ0n) is 9.74. The van der Waals surface area contributed by atoms with E-state index in [9.17, 15) is 5.11 Å². The van der Waals surface area contributed by atoms with Gasteiger partial charge in [-0.1, -0.05) is 30.4 Å². The van der Waals surface area contributed by atoms with Gasteiger partial charge in [0, 0.05) is 6.04 Å². The minimum Gasteiger partial charge on any atom is -0.539 e. The Kier molecular flexibility index (Phi) is 3.77. The summed E-state index contributed by atoms with van der Waals surface area (Å²) in [5.74, 6) is -0.330. The van der Waals surface area contributed by atoms with Gasteiger partial charge in [-0.3, -0.25) is 0 Å². The van der Waals surface area contributed by atoms with Crippen LogP contribution in [0.25, 0.3) is 0 Å². The van der Waals surface area contributed by atoms with Crippen molar-refractivity contribution in [1.82, 2.24) is 10.6 Å². The highest BCUT2D eigenvalue weighted by atomic mass is 16.6. The first-order valence-electron chi connectivity index (χ1n) is 6.02. The Balaban J connectivity index is 1.86. The van der Waals surface area contributed by atoms with Crippen LogP contribution in [0.4, 0.5) is 0 Å². The molecule has 5 nitrogen and oxygen atoms in total. The zero-order valence-corrected chi connectivity index (χ0v) is 9.74. The monoisotopic (exact) mass is 225 g/mol. The summed E-state index contributed by atoms with van der Waals surface area (Å²) in [6, 6.07) is 0.539. The fourth-order valence-electron chi connectivity index (χ4n) is 2.24. The molecule has 90 valence electrons. The Labute approximate surface area is 95.4 Å². The maximum Gasteiger partial charge on any atom is 0.246 e. The van der Waals surface area contributed by atoms with Crippen molar-refractivity contribution in [1.29, 1.82) is 0 Å². The maximum absolute atomic E-state index is 11.3. The molecule has 0 atom stereocenters. The van der Waals surface area contributed by atoms with Crippen LogP contribution in [0, 0.1) is 0 Å². The molecule has 16 heavy (non-hydrogen) atoms. The van der Waals surface area contributed by atoms with E-state index in [0.717, 1.165) is 0 Å². The third-order valence-corrected chi connectivity index (χ3v) is 3.29. The number of aromatic nitrogens is 2. The van der Waals surface area contributed by atoms with Crippen molar-refractivity contribution in [3.8, 4) is 5.95 Å². The molecule has 0 aliphatic heterocycles. The number of hydrogen-bond donors (Lipinski definition) is 1. The van der Waals surface area contributed by atoms with E-state index in [0.29, 0.717) is 18.3 Å². The normalized spacial score (nSPS) is 18.6. The summed E-state index contributed by atoms with van der Waals surface area (Å²) in [7, 11) is 1.73. The maximum atomic E-state index is 11.3. The Morgan fingerprint density at radius 2 is 2.06 bits per heavy atom. The molecule has 1 aromatic heterocycles. The first kappa shape index (κ1) is 11.4. The van der Waals surface area contributed by atoms with E-state index in [-0.39, 0.29) is 5.95 Å². The van der Waals surface area contributed by atoms with E-state index in [1.165, 1.54) is 43.2 Å². The van der Waals surface area contributed by atoms with Crippen LogP contribution in [-0.4, -0.2) is 11.3 Å². The molecule has 0 saturated heterocycles. The molecule has 1 heterocycles. The number of hydrogen-bond acceptors (Lipinski definition) is 4. The molecular formula is C11H19N3O2. The summed E-state index contributed by atoms with van der Waals surface area (Å²) in [6.07, 6.45) is 7.68. The van der Waals surface area contributed by atoms with Crippen LogP contribution < -0.4 is 15.1 Å². The predicted octanol–water partition coefficient (Wildman–Crippen LogP) is 0.385. The van der Waals surface area contributed by atoms with E-state index in [1.807, 2.05) is 0 Å². The molecule has 1 aliphatic carbocycles. The molecule has 0 radical (unpaired) electrons. The van der Waals surface area contributed by atoms with Crippen LogP contribution in [0.3, 0.4) is 0 Å². The van der Waals surface area contributed by atoms with Gasteiger partial charge in [0.05, 0.1) is 11.8 Å². The van der Waals surface area contributed by atoms with Gasteiger partial charge in [-0.2, -0.15) is 0 Å². The predicted molar refractivity (Wildman–Crippen MR) is 55.5 cm³/mol. The van der Waals surface area contributed by atoms with Gasteiger partial charge >= 0.3 is 0 Å². The van der Waals surface area contributed by atoms with Crippen molar-refractivity contribution in [2.24, 2.45) is 7.05 Å². The van der Waals surface area contributed by atoms with Gasteiger partial charge in [0.25, 0.3) is 0 Å². The first-order chi connectivity index (χ1) is 7.77. The van der Waals surface area contributed by atoms with Crippen LogP contribution in [0.1, 0.15) is 44.2 Å². The van der Waals surface area contributed by atoms with Crippen LogP contribution in [0.15, 0.2) is 4.52 Å². The Morgan fingerprint density at radius 1 is 1.38 bits per heavy atom. The van der Waals surface area contributed by atoms with Crippen molar-refractivity contribution in [2.45, 2.75) is 51.1 Å². The van der Waals surface area contributed by atoms with Gasteiger partial charge in [0.1, 0.15) is 0 Å². The van der Waals surface area contributed by atoms with Gasteiger partial charge < -0.3 is 14.9 Å². The highest BCUT2D eigenvalue weighted by Gasteiger charge is 2.16. The summed E-state index contributed by atoms with van der Waals surface area (Å²) in [4.78, 5) is 0. The lowest BCUT2D eigenvalue weighted by Gasteiger charge is -2.14. The molecule has 0 unspecified atom stereocenters. The standard InChI is InChI=1S/C11H19N3O2/c1-14-10(11(15)16-13-14)8-12-9-6-4-2-3-5-7-9/h9,12H,2-8H2,1H3. The smallest absolute Gasteiger partial charge is 0.246 e. The largest absolute Gasteiger partial charge is 0.539 e. The average Bonchev–Trinajstić information content (AvgIpc) is 2.51. The van der Waals surface area contributed by atoms with Gasteiger partial charge in [0.15, 0.2) is 13.0 Å². The minimum atomic E-state index is -0.330. The number of nitrogens with one attached hydrogen (secondary N) is 1. The second-order valence-corrected chi connectivity index (χ2v) is 4.50. The summed E-state index contributed by atoms with van der Waals surface area (Å²) >= 11 is 0. The lowest BCUT2D eigenvalue weighted by Crippen LogP contribution is -2.39. The second-order valence-electron chi connectivity index (χ2n) is 4.50. The molecule has 1 fully saturated rings. The van der Waals surface area contributed by atoms with Crippen molar-refractivity contribution in [2.75, 3.05) is 0 Å². The van der Waals surface area contributed by atoms with Crippen molar-refractivity contribution >= 4 is 0 Å². The van der Waals surface area contributed by atoms with Crippen LogP contribution in [-0.2, 0) is 13.6 Å². The number of nitrogens with zero attached hydrogens (tertiary/aromatic N) is 2. The SMILES string of the molecule is C[n+]1noc([O-])c1CNC1CCCCCC1. The van der Waals surface area contributed by atoms with Crippen molar-refractivity contribution < 1.29 is 14.3 Å². The third-order valence-electron chi connectivity index (χ3n) is 3.29. The molecule has 1 N–H and O–H groups in total. The zero-order chi connectivity index (χ0) is 11.4. The van der Waals surface area contributed by atoms with Gasteiger partial charge in [-0.15, -0.1) is 0 Å². The molecule has 0 spiro atoms. The fourth-order valence-corrected chi connectivity index (χ4v) is 2.24. The molecule has 0 bridgehead atoms. The second kappa shape index (κ2) is 5.30. The number of rotatable bonds is 3. The highest BCUT2D eigenvalue weighted by Crippen LogP contribution is 2.17. The Bertz CT molecular complexity index is 310. The average molecular weight is 225 g/mol. The molecule has 1 saturated carbocycles. The van der Waals surface area contributed by atoms with E-state index < -0.39 is 0 Å². The fraction of sp³-hybridized carbons (Fsp3) is 0.818. The van der Waals surface area contributed by atoms with Gasteiger partial charge in [0.2, 0.25) is 5.69 Å². The van der Waals surface area contributed by atoms with E-state index in [1.54, 1.807) is 7.05 Å². The van der Waals surface area contributed by atoms with Crippen LogP contribution >= 0.6 is 0 Å². The summed E-state index contributed by atoms with van der Waals surface area (Å²) in [5.41, 5.74) is 0.601.